The highest BCUT2D eigenvalue weighted by molar-refractivity contribution is 7.99. The molecule has 0 aliphatic carbocycles. The van der Waals surface area contributed by atoms with Gasteiger partial charge in [-0.15, -0.1) is 11.8 Å². The molecule has 0 bridgehead atoms. The lowest BCUT2D eigenvalue weighted by Crippen LogP contribution is -2.42. The minimum absolute atomic E-state index is 0.161. The molecular weight excluding hydrogens is 270 g/mol. The first-order valence-electron chi connectivity index (χ1n) is 5.91. The highest BCUT2D eigenvalue weighted by atomic mass is 32.2. The molecule has 0 aromatic heterocycles. The Balaban J connectivity index is 2.24. The normalized spacial score (nSPS) is 11.4. The predicted octanol–water partition coefficient (Wildman–Crippen LogP) is 1.94. The van der Waals surface area contributed by atoms with Crippen LogP contribution in [0.2, 0.25) is 0 Å². The van der Waals surface area contributed by atoms with Crippen molar-refractivity contribution < 1.29 is 13.6 Å². The number of alkyl halides is 2. The second-order valence-electron chi connectivity index (χ2n) is 4.32. The SMILES string of the molecule is Cc1cccc(CSCC(=O)NCC(F)(F)CN)c1. The molecule has 0 heterocycles. The summed E-state index contributed by atoms with van der Waals surface area (Å²) in [6.45, 7) is 0.535. The molecule has 106 valence electrons. The molecule has 6 heteroatoms. The minimum Gasteiger partial charge on any atom is -0.349 e. The van der Waals surface area contributed by atoms with E-state index >= 15 is 0 Å². The number of halogens is 2. The van der Waals surface area contributed by atoms with Crippen LogP contribution in [0.5, 0.6) is 0 Å². The van der Waals surface area contributed by atoms with Crippen molar-refractivity contribution in [2.75, 3.05) is 18.8 Å². The smallest absolute Gasteiger partial charge is 0.277 e. The van der Waals surface area contributed by atoms with E-state index in [2.05, 4.69) is 5.32 Å². The highest BCUT2D eigenvalue weighted by Gasteiger charge is 2.26. The average Bonchev–Trinajstić information content (AvgIpc) is 2.37. The Morgan fingerprint density at radius 2 is 2.21 bits per heavy atom. The van der Waals surface area contributed by atoms with Gasteiger partial charge in [0, 0.05) is 5.75 Å². The Kier molecular flexibility index (Phi) is 6.24. The van der Waals surface area contributed by atoms with Crippen molar-refractivity contribution in [2.45, 2.75) is 18.6 Å². The van der Waals surface area contributed by atoms with Crippen molar-refractivity contribution in [3.63, 3.8) is 0 Å². The van der Waals surface area contributed by atoms with Crippen LogP contribution in [0.4, 0.5) is 8.78 Å². The van der Waals surface area contributed by atoms with Crippen LogP contribution in [0.25, 0.3) is 0 Å². The van der Waals surface area contributed by atoms with Crippen molar-refractivity contribution in [3.8, 4) is 0 Å². The Morgan fingerprint density at radius 1 is 1.47 bits per heavy atom. The van der Waals surface area contributed by atoms with Gasteiger partial charge in [0.25, 0.3) is 5.92 Å². The van der Waals surface area contributed by atoms with Crippen LogP contribution in [0.1, 0.15) is 11.1 Å². The third-order valence-electron chi connectivity index (χ3n) is 2.43. The molecular formula is C13H18F2N2OS. The molecule has 0 fully saturated rings. The number of aryl methyl sites for hydroxylation is 1. The number of carbonyl (C=O) groups excluding carboxylic acids is 1. The highest BCUT2D eigenvalue weighted by Crippen LogP contribution is 2.13. The minimum atomic E-state index is -3.03. The molecule has 0 aliphatic rings. The second kappa shape index (κ2) is 7.45. The summed E-state index contributed by atoms with van der Waals surface area (Å²) < 4.78 is 25.6. The fourth-order valence-electron chi connectivity index (χ4n) is 1.41. The maximum absolute atomic E-state index is 12.8. The molecule has 1 rings (SSSR count). The Bertz CT molecular complexity index is 427. The molecule has 0 aliphatic heterocycles. The van der Waals surface area contributed by atoms with Crippen molar-refractivity contribution in [1.82, 2.24) is 5.32 Å². The molecule has 0 saturated carbocycles. The van der Waals surface area contributed by atoms with Crippen molar-refractivity contribution in [1.29, 1.82) is 0 Å². The molecule has 3 N–H and O–H groups in total. The van der Waals surface area contributed by atoms with Gasteiger partial charge in [0.05, 0.1) is 18.8 Å². The van der Waals surface area contributed by atoms with E-state index in [-0.39, 0.29) is 5.75 Å². The Hall–Kier alpha value is -1.14. The molecule has 3 nitrogen and oxygen atoms in total. The van der Waals surface area contributed by atoms with E-state index in [1.54, 1.807) is 0 Å². The molecule has 1 aromatic rings. The fourth-order valence-corrected chi connectivity index (χ4v) is 2.22. The lowest BCUT2D eigenvalue weighted by molar-refractivity contribution is -0.120. The van der Waals surface area contributed by atoms with E-state index in [0.717, 1.165) is 11.1 Å². The summed E-state index contributed by atoms with van der Waals surface area (Å²) in [4.78, 5) is 11.4. The van der Waals surface area contributed by atoms with Crippen LogP contribution in [0.15, 0.2) is 24.3 Å². The molecule has 0 saturated heterocycles. The Labute approximate surface area is 115 Å². The average molecular weight is 288 g/mol. The monoisotopic (exact) mass is 288 g/mol. The Morgan fingerprint density at radius 3 is 2.84 bits per heavy atom. The van der Waals surface area contributed by atoms with Crippen molar-refractivity contribution in [2.24, 2.45) is 5.73 Å². The number of nitrogens with two attached hydrogens (primary N) is 1. The predicted molar refractivity (Wildman–Crippen MR) is 74.4 cm³/mol. The van der Waals surface area contributed by atoms with Gasteiger partial charge in [-0.3, -0.25) is 4.79 Å². The van der Waals surface area contributed by atoms with E-state index < -0.39 is 24.9 Å². The second-order valence-corrected chi connectivity index (χ2v) is 5.30. The van der Waals surface area contributed by atoms with E-state index in [0.29, 0.717) is 5.75 Å². The number of rotatable bonds is 7. The van der Waals surface area contributed by atoms with E-state index in [1.807, 2.05) is 31.2 Å². The molecule has 0 radical (unpaired) electrons. The first-order valence-corrected chi connectivity index (χ1v) is 7.06. The fraction of sp³-hybridized carbons (Fsp3) is 0.462. The molecule has 0 spiro atoms. The summed E-state index contributed by atoms with van der Waals surface area (Å²) in [6, 6.07) is 7.96. The first kappa shape index (κ1) is 15.9. The van der Waals surface area contributed by atoms with Gasteiger partial charge in [-0.1, -0.05) is 29.8 Å². The van der Waals surface area contributed by atoms with Crippen LogP contribution < -0.4 is 11.1 Å². The standard InChI is InChI=1S/C13H18F2N2OS/c1-10-3-2-4-11(5-10)6-19-7-12(18)17-9-13(14,15)8-16/h2-5H,6-9,16H2,1H3,(H,17,18). The maximum Gasteiger partial charge on any atom is 0.277 e. The number of amides is 1. The zero-order valence-electron chi connectivity index (χ0n) is 10.8. The molecule has 1 amide bonds. The number of benzene rings is 1. The van der Waals surface area contributed by atoms with E-state index in [9.17, 15) is 13.6 Å². The van der Waals surface area contributed by atoms with Gasteiger partial charge in [-0.25, -0.2) is 8.78 Å². The molecule has 0 unspecified atom stereocenters. The van der Waals surface area contributed by atoms with E-state index in [1.165, 1.54) is 11.8 Å². The van der Waals surface area contributed by atoms with Gasteiger partial charge in [-0.2, -0.15) is 0 Å². The zero-order valence-corrected chi connectivity index (χ0v) is 11.6. The topological polar surface area (TPSA) is 55.1 Å². The lowest BCUT2D eigenvalue weighted by Gasteiger charge is -2.14. The van der Waals surface area contributed by atoms with Gasteiger partial charge >= 0.3 is 0 Å². The van der Waals surface area contributed by atoms with Crippen LogP contribution in [-0.2, 0) is 10.5 Å². The van der Waals surface area contributed by atoms with Crippen LogP contribution in [0, 0.1) is 6.92 Å². The van der Waals surface area contributed by atoms with Crippen LogP contribution >= 0.6 is 11.8 Å². The summed E-state index contributed by atoms with van der Waals surface area (Å²) in [5, 5.41) is 2.18. The number of thioether (sulfide) groups is 1. The largest absolute Gasteiger partial charge is 0.349 e. The number of hydrogen-bond acceptors (Lipinski definition) is 3. The molecule has 1 aromatic carbocycles. The number of carbonyl (C=O) groups is 1. The van der Waals surface area contributed by atoms with Crippen molar-refractivity contribution in [3.05, 3.63) is 35.4 Å². The van der Waals surface area contributed by atoms with Gasteiger partial charge in [-0.05, 0) is 12.5 Å². The number of nitrogens with one attached hydrogen (secondary N) is 1. The van der Waals surface area contributed by atoms with Gasteiger partial charge < -0.3 is 11.1 Å². The van der Waals surface area contributed by atoms with Gasteiger partial charge in [0.15, 0.2) is 0 Å². The van der Waals surface area contributed by atoms with Crippen molar-refractivity contribution >= 4 is 17.7 Å². The summed E-state index contributed by atoms with van der Waals surface area (Å²) >= 11 is 1.39. The zero-order chi connectivity index (χ0) is 14.3. The first-order chi connectivity index (χ1) is 8.93. The lowest BCUT2D eigenvalue weighted by atomic mass is 10.2. The van der Waals surface area contributed by atoms with Crippen LogP contribution in [0.3, 0.4) is 0 Å². The quantitative estimate of drug-likeness (QED) is 0.806. The third-order valence-corrected chi connectivity index (χ3v) is 3.43. The maximum atomic E-state index is 12.8. The summed E-state index contributed by atoms with van der Waals surface area (Å²) in [7, 11) is 0. The number of hydrogen-bond donors (Lipinski definition) is 2. The summed E-state index contributed by atoms with van der Waals surface area (Å²) in [6.07, 6.45) is 0. The molecule has 0 atom stereocenters. The summed E-state index contributed by atoms with van der Waals surface area (Å²) in [5.41, 5.74) is 7.15. The van der Waals surface area contributed by atoms with Gasteiger partial charge in [0.1, 0.15) is 0 Å². The van der Waals surface area contributed by atoms with Gasteiger partial charge in [0.2, 0.25) is 5.91 Å². The van der Waals surface area contributed by atoms with Crippen LogP contribution in [-0.4, -0.2) is 30.7 Å². The van der Waals surface area contributed by atoms with E-state index in [4.69, 9.17) is 5.73 Å². The summed E-state index contributed by atoms with van der Waals surface area (Å²) in [5.74, 6) is -2.58. The third kappa shape index (κ3) is 6.54. The molecule has 19 heavy (non-hydrogen) atoms.